The van der Waals surface area contributed by atoms with Crippen LogP contribution in [0.1, 0.15) is 84.5 Å². The number of ether oxygens (including phenoxy) is 3. The highest BCUT2D eigenvalue weighted by Crippen LogP contribution is 2.64. The minimum Gasteiger partial charge on any atom is -0.488 e. The van der Waals surface area contributed by atoms with E-state index in [2.05, 4.69) is 0 Å². The minimum atomic E-state index is -0.963. The Labute approximate surface area is 228 Å². The predicted molar refractivity (Wildman–Crippen MR) is 143 cm³/mol. The molecule has 0 unspecified atom stereocenters. The zero-order valence-electron chi connectivity index (χ0n) is 21.7. The maximum atomic E-state index is 12.7. The minimum absolute atomic E-state index is 0.169. The van der Waals surface area contributed by atoms with Gasteiger partial charge in [0.1, 0.15) is 11.4 Å². The van der Waals surface area contributed by atoms with Gasteiger partial charge in [-0.3, -0.25) is 0 Å². The van der Waals surface area contributed by atoms with Gasteiger partial charge in [-0.05, 0) is 102 Å². The van der Waals surface area contributed by atoms with E-state index in [1.165, 1.54) is 0 Å². The lowest BCUT2D eigenvalue weighted by Crippen LogP contribution is -2.27. The van der Waals surface area contributed by atoms with E-state index >= 15 is 0 Å². The summed E-state index contributed by atoms with van der Waals surface area (Å²) in [6.07, 6.45) is 0. The van der Waals surface area contributed by atoms with Crippen LogP contribution in [-0.4, -0.2) is 29.5 Å². The first-order valence-electron chi connectivity index (χ1n) is 12.9. The zero-order valence-corrected chi connectivity index (χ0v) is 21.7. The van der Waals surface area contributed by atoms with Gasteiger partial charge in [0.15, 0.2) is 0 Å². The molecular weight excluding hydrogens is 508 g/mol. The third-order valence-corrected chi connectivity index (χ3v) is 8.10. The van der Waals surface area contributed by atoms with Crippen LogP contribution in [0.5, 0.6) is 5.75 Å². The first kappa shape index (κ1) is 22.9. The molecule has 0 amide bonds. The van der Waals surface area contributed by atoms with E-state index in [9.17, 15) is 19.2 Å². The van der Waals surface area contributed by atoms with Gasteiger partial charge in [-0.1, -0.05) is 30.3 Å². The fraction of sp³-hybridized carbons (Fsp3) is 0.152. The van der Waals surface area contributed by atoms with Crippen LogP contribution in [0.15, 0.2) is 66.7 Å². The summed E-state index contributed by atoms with van der Waals surface area (Å²) in [5.41, 5.74) is 6.02. The Morgan fingerprint density at radius 3 is 1.55 bits per heavy atom. The average Bonchev–Trinajstić information content (AvgIpc) is 3.56. The van der Waals surface area contributed by atoms with Crippen molar-refractivity contribution in [3.05, 3.63) is 111 Å². The Hall–Kier alpha value is -5.04. The van der Waals surface area contributed by atoms with Crippen molar-refractivity contribution >= 4 is 23.9 Å². The van der Waals surface area contributed by atoms with Gasteiger partial charge in [0.25, 0.3) is 0 Å². The maximum Gasteiger partial charge on any atom is 0.346 e. The standard InChI is InChI=1S/C33H20O7/c1-32(2,3)40-15-8-9-17-16-6-4-5-7-24(16)33(25(17)10-15)26-13-22-20(28(34)38-30(22)36)11-18(26)19-12-21-23(14-27(19)33)31(37)39-29(21)35/h4-14H,1-3H3. The summed E-state index contributed by atoms with van der Waals surface area (Å²) < 4.78 is 16.2. The topological polar surface area (TPSA) is 96.0 Å². The predicted octanol–water partition coefficient (Wildman–Crippen LogP) is 5.83. The van der Waals surface area contributed by atoms with Gasteiger partial charge < -0.3 is 14.2 Å². The molecular formula is C33H20O7. The molecule has 0 aromatic heterocycles. The zero-order chi connectivity index (χ0) is 27.7. The van der Waals surface area contributed by atoms with Crippen LogP contribution in [-0.2, 0) is 14.9 Å². The van der Waals surface area contributed by atoms with Crippen molar-refractivity contribution in [2.24, 2.45) is 0 Å². The summed E-state index contributed by atoms with van der Waals surface area (Å²) in [6, 6.07) is 20.7. The molecule has 0 bridgehead atoms. The fourth-order valence-corrected chi connectivity index (χ4v) is 6.73. The summed E-state index contributed by atoms with van der Waals surface area (Å²) in [6.45, 7) is 5.92. The first-order chi connectivity index (χ1) is 19.1. The lowest BCUT2D eigenvalue weighted by Gasteiger charge is -2.31. The highest BCUT2D eigenvalue weighted by molar-refractivity contribution is 6.18. The second-order valence-electron chi connectivity index (χ2n) is 11.5. The van der Waals surface area contributed by atoms with Crippen molar-refractivity contribution in [3.8, 4) is 28.0 Å². The second kappa shape index (κ2) is 7.12. The lowest BCUT2D eigenvalue weighted by atomic mass is 9.70. The smallest absolute Gasteiger partial charge is 0.346 e. The molecule has 7 heteroatoms. The highest BCUT2D eigenvalue weighted by atomic mass is 16.6. The summed E-state index contributed by atoms with van der Waals surface area (Å²) in [5, 5.41) is 0. The van der Waals surface area contributed by atoms with E-state index in [-0.39, 0.29) is 22.3 Å². The third-order valence-electron chi connectivity index (χ3n) is 8.10. The second-order valence-corrected chi connectivity index (χ2v) is 11.5. The molecule has 0 radical (unpaired) electrons. The van der Waals surface area contributed by atoms with Crippen LogP contribution in [0.3, 0.4) is 0 Å². The summed E-state index contributed by atoms with van der Waals surface area (Å²) in [5.74, 6) is -2.17. The molecule has 194 valence electrons. The molecule has 0 atom stereocenters. The van der Waals surface area contributed by atoms with E-state index in [0.29, 0.717) is 16.9 Å². The molecule has 2 aliphatic heterocycles. The van der Waals surface area contributed by atoms with Gasteiger partial charge >= 0.3 is 23.9 Å². The number of carbonyl (C=O) groups excluding carboxylic acids is 4. The van der Waals surface area contributed by atoms with Crippen molar-refractivity contribution in [3.63, 3.8) is 0 Å². The van der Waals surface area contributed by atoms with E-state index in [1.807, 2.05) is 63.2 Å². The van der Waals surface area contributed by atoms with Crippen LogP contribution >= 0.6 is 0 Å². The third kappa shape index (κ3) is 2.69. The summed E-state index contributed by atoms with van der Waals surface area (Å²) in [4.78, 5) is 50.6. The number of cyclic esters (lactones) is 4. The van der Waals surface area contributed by atoms with Crippen LogP contribution in [0.25, 0.3) is 22.3 Å². The molecule has 0 saturated heterocycles. The molecule has 0 saturated carbocycles. The van der Waals surface area contributed by atoms with Crippen molar-refractivity contribution in [2.75, 3.05) is 0 Å². The Balaban J connectivity index is 1.54. The van der Waals surface area contributed by atoms with Gasteiger partial charge in [-0.25, -0.2) is 19.2 Å². The number of benzene rings is 4. The SMILES string of the molecule is CC(C)(C)Oc1ccc2c(c1)C1(c3ccccc3-2)c2cc3c(cc2-c2cc4c(cc21)C(=O)OC4=O)C(=O)OC3=O. The molecule has 2 heterocycles. The number of carbonyl (C=O) groups is 4. The molecule has 7 nitrogen and oxygen atoms in total. The lowest BCUT2D eigenvalue weighted by molar-refractivity contribution is 0.0425. The number of fused-ring (bicyclic) bond motifs is 12. The molecule has 4 aromatic carbocycles. The van der Waals surface area contributed by atoms with Crippen LogP contribution in [0.2, 0.25) is 0 Å². The van der Waals surface area contributed by atoms with Gasteiger partial charge in [0, 0.05) is 0 Å². The van der Waals surface area contributed by atoms with E-state index in [0.717, 1.165) is 33.4 Å². The Morgan fingerprint density at radius 2 is 1.00 bits per heavy atom. The Kier molecular flexibility index (Phi) is 4.08. The quantitative estimate of drug-likeness (QED) is 0.196. The Morgan fingerprint density at radius 1 is 0.525 bits per heavy atom. The van der Waals surface area contributed by atoms with Crippen molar-refractivity contribution in [1.29, 1.82) is 0 Å². The molecule has 1 spiro atoms. The largest absolute Gasteiger partial charge is 0.488 e. The molecule has 0 fully saturated rings. The average molecular weight is 529 g/mol. The van der Waals surface area contributed by atoms with Gasteiger partial charge in [-0.15, -0.1) is 0 Å². The molecule has 2 aliphatic carbocycles. The normalized spacial score (nSPS) is 16.7. The molecule has 0 N–H and O–H groups in total. The number of hydrogen-bond acceptors (Lipinski definition) is 7. The Bertz CT molecular complexity index is 1860. The van der Waals surface area contributed by atoms with E-state index in [1.54, 1.807) is 24.3 Å². The number of rotatable bonds is 1. The first-order valence-corrected chi connectivity index (χ1v) is 12.9. The fourth-order valence-electron chi connectivity index (χ4n) is 6.73. The van der Waals surface area contributed by atoms with Crippen molar-refractivity contribution in [1.82, 2.24) is 0 Å². The van der Waals surface area contributed by atoms with E-state index < -0.39 is 34.9 Å². The monoisotopic (exact) mass is 528 g/mol. The summed E-state index contributed by atoms with van der Waals surface area (Å²) in [7, 11) is 0. The van der Waals surface area contributed by atoms with Gasteiger partial charge in [0.2, 0.25) is 0 Å². The van der Waals surface area contributed by atoms with Gasteiger partial charge in [0.05, 0.1) is 27.7 Å². The maximum absolute atomic E-state index is 12.7. The van der Waals surface area contributed by atoms with Crippen LogP contribution < -0.4 is 4.74 Å². The van der Waals surface area contributed by atoms with Crippen LogP contribution in [0, 0.1) is 0 Å². The van der Waals surface area contributed by atoms with E-state index in [4.69, 9.17) is 14.2 Å². The molecule has 40 heavy (non-hydrogen) atoms. The van der Waals surface area contributed by atoms with Crippen molar-refractivity contribution < 1.29 is 33.4 Å². The number of hydrogen-bond donors (Lipinski definition) is 0. The molecule has 4 aromatic rings. The van der Waals surface area contributed by atoms with Crippen LogP contribution in [0.4, 0.5) is 0 Å². The molecule has 4 aliphatic rings. The van der Waals surface area contributed by atoms with Crippen molar-refractivity contribution in [2.45, 2.75) is 31.8 Å². The highest BCUT2D eigenvalue weighted by Gasteiger charge is 2.54. The van der Waals surface area contributed by atoms with Gasteiger partial charge in [-0.2, -0.15) is 0 Å². The molecule has 8 rings (SSSR count). The summed E-state index contributed by atoms with van der Waals surface area (Å²) >= 11 is 0. The number of esters is 4.